The number of pyridine rings is 1. The van der Waals surface area contributed by atoms with Gasteiger partial charge in [-0.1, -0.05) is 13.3 Å². The summed E-state index contributed by atoms with van der Waals surface area (Å²) in [7, 11) is 0. The molecule has 4 heteroatoms. The molecule has 1 aromatic rings. The lowest BCUT2D eigenvalue weighted by Gasteiger charge is -2.38. The highest BCUT2D eigenvalue weighted by Gasteiger charge is 2.43. The summed E-state index contributed by atoms with van der Waals surface area (Å²) in [4.78, 5) is 17.1. The Morgan fingerprint density at radius 1 is 1.38 bits per heavy atom. The van der Waals surface area contributed by atoms with Crippen molar-refractivity contribution in [3.05, 3.63) is 24.0 Å². The highest BCUT2D eigenvalue weighted by atomic mass is 16.5. The topological polar surface area (TPSA) is 48.4 Å². The number of rotatable bonds is 6. The molecule has 2 atom stereocenters. The van der Waals surface area contributed by atoms with E-state index in [1.807, 2.05) is 13.8 Å². The molecule has 0 aliphatic heterocycles. The molecule has 0 spiro atoms. The number of carbonyl (C=O) groups is 1. The van der Waals surface area contributed by atoms with E-state index in [2.05, 4.69) is 11.9 Å². The normalized spacial score (nSPS) is 25.6. The van der Waals surface area contributed by atoms with Crippen LogP contribution in [0, 0.1) is 5.92 Å². The number of aromatic nitrogens is 1. The van der Waals surface area contributed by atoms with Gasteiger partial charge in [0.25, 0.3) is 0 Å². The summed E-state index contributed by atoms with van der Waals surface area (Å²) >= 11 is 0. The molecular formula is C17H25NO3. The first-order valence-corrected chi connectivity index (χ1v) is 7.88. The maximum absolute atomic E-state index is 13.0. The van der Waals surface area contributed by atoms with E-state index in [4.69, 9.17) is 9.47 Å². The maximum Gasteiger partial charge on any atom is 0.196 e. The molecule has 0 bridgehead atoms. The van der Waals surface area contributed by atoms with Crippen molar-refractivity contribution in [3.63, 3.8) is 0 Å². The van der Waals surface area contributed by atoms with Crippen LogP contribution < -0.4 is 4.74 Å². The van der Waals surface area contributed by atoms with E-state index in [1.54, 1.807) is 18.5 Å². The van der Waals surface area contributed by atoms with Gasteiger partial charge in [0.2, 0.25) is 0 Å². The SMILES string of the molecule is CCOc1cncc(C(=O)C2(OCC)CCCC(C)C2)c1. The quantitative estimate of drug-likeness (QED) is 0.751. The Morgan fingerprint density at radius 2 is 2.19 bits per heavy atom. The Hall–Kier alpha value is -1.42. The summed E-state index contributed by atoms with van der Waals surface area (Å²) in [5, 5.41) is 0. The van der Waals surface area contributed by atoms with Gasteiger partial charge in [-0.15, -0.1) is 0 Å². The zero-order chi connectivity index (χ0) is 15.3. The molecule has 21 heavy (non-hydrogen) atoms. The highest BCUT2D eigenvalue weighted by molar-refractivity contribution is 6.02. The number of nitrogens with zero attached hydrogens (tertiary/aromatic N) is 1. The largest absolute Gasteiger partial charge is 0.492 e. The zero-order valence-electron chi connectivity index (χ0n) is 13.2. The molecule has 116 valence electrons. The third-order valence-electron chi connectivity index (χ3n) is 4.08. The minimum atomic E-state index is -0.682. The molecule has 1 heterocycles. The molecule has 0 saturated heterocycles. The second kappa shape index (κ2) is 7.03. The van der Waals surface area contributed by atoms with Crippen molar-refractivity contribution in [2.45, 2.75) is 52.1 Å². The fourth-order valence-corrected chi connectivity index (χ4v) is 3.23. The van der Waals surface area contributed by atoms with E-state index in [1.165, 1.54) is 6.42 Å². The minimum absolute atomic E-state index is 0.0463. The molecule has 2 rings (SSSR count). The maximum atomic E-state index is 13.0. The number of carbonyl (C=O) groups excluding carboxylic acids is 1. The number of Topliss-reactive ketones (excluding diaryl/α,β-unsaturated/α-hetero) is 1. The van der Waals surface area contributed by atoms with Crippen LogP contribution in [-0.2, 0) is 4.74 Å². The molecule has 1 aliphatic carbocycles. The molecule has 4 nitrogen and oxygen atoms in total. The van der Waals surface area contributed by atoms with Crippen LogP contribution in [0.25, 0.3) is 0 Å². The van der Waals surface area contributed by atoms with Gasteiger partial charge in [-0.05, 0) is 45.1 Å². The number of ketones is 1. The van der Waals surface area contributed by atoms with Crippen molar-refractivity contribution in [3.8, 4) is 5.75 Å². The standard InChI is InChI=1S/C17H25NO3/c1-4-20-15-9-14(11-18-12-15)16(19)17(21-5-2)8-6-7-13(3)10-17/h9,11-13H,4-8,10H2,1-3H3. The molecule has 1 fully saturated rings. The second-order valence-corrected chi connectivity index (χ2v) is 5.80. The smallest absolute Gasteiger partial charge is 0.196 e. The van der Waals surface area contributed by atoms with Crippen LogP contribution in [-0.4, -0.2) is 29.6 Å². The zero-order valence-corrected chi connectivity index (χ0v) is 13.2. The summed E-state index contributed by atoms with van der Waals surface area (Å²) in [5.74, 6) is 1.20. The summed E-state index contributed by atoms with van der Waals surface area (Å²) in [6, 6.07) is 1.78. The van der Waals surface area contributed by atoms with Crippen molar-refractivity contribution in [1.29, 1.82) is 0 Å². The van der Waals surface area contributed by atoms with Gasteiger partial charge in [0.05, 0.1) is 12.8 Å². The van der Waals surface area contributed by atoms with Crippen molar-refractivity contribution >= 4 is 5.78 Å². The molecule has 1 aliphatic rings. The van der Waals surface area contributed by atoms with Crippen LogP contribution in [0.2, 0.25) is 0 Å². The summed E-state index contributed by atoms with van der Waals surface area (Å²) in [5.41, 5.74) is -0.0950. The molecule has 0 N–H and O–H groups in total. The summed E-state index contributed by atoms with van der Waals surface area (Å²) in [6.45, 7) is 7.17. The van der Waals surface area contributed by atoms with Gasteiger partial charge in [0, 0.05) is 18.4 Å². The van der Waals surface area contributed by atoms with Crippen LogP contribution in [0.1, 0.15) is 56.8 Å². The molecule has 0 radical (unpaired) electrons. The second-order valence-electron chi connectivity index (χ2n) is 5.80. The lowest BCUT2D eigenvalue weighted by atomic mass is 9.75. The number of hydrogen-bond acceptors (Lipinski definition) is 4. The first-order chi connectivity index (χ1) is 10.1. The molecular weight excluding hydrogens is 266 g/mol. The van der Waals surface area contributed by atoms with Gasteiger partial charge >= 0.3 is 0 Å². The average Bonchev–Trinajstić information content (AvgIpc) is 2.47. The van der Waals surface area contributed by atoms with E-state index < -0.39 is 5.60 Å². The van der Waals surface area contributed by atoms with Crippen molar-refractivity contribution in [2.75, 3.05) is 13.2 Å². The Balaban J connectivity index is 2.27. The van der Waals surface area contributed by atoms with Crippen LogP contribution in [0.4, 0.5) is 0 Å². The van der Waals surface area contributed by atoms with Gasteiger partial charge in [-0.25, -0.2) is 0 Å². The van der Waals surface area contributed by atoms with E-state index in [9.17, 15) is 4.79 Å². The van der Waals surface area contributed by atoms with E-state index in [-0.39, 0.29) is 5.78 Å². The molecule has 0 aromatic carbocycles. The van der Waals surface area contributed by atoms with Crippen LogP contribution >= 0.6 is 0 Å². The number of hydrogen-bond donors (Lipinski definition) is 0. The fraction of sp³-hybridized carbons (Fsp3) is 0.647. The van der Waals surface area contributed by atoms with E-state index in [0.717, 1.165) is 19.3 Å². The predicted octanol–water partition coefficient (Wildman–Crippen LogP) is 3.65. The number of ether oxygens (including phenoxy) is 2. The fourth-order valence-electron chi connectivity index (χ4n) is 3.23. The Bertz CT molecular complexity index is 485. The van der Waals surface area contributed by atoms with Crippen LogP contribution in [0.5, 0.6) is 5.75 Å². The van der Waals surface area contributed by atoms with Crippen molar-refractivity contribution in [1.82, 2.24) is 4.98 Å². The van der Waals surface area contributed by atoms with Gasteiger partial charge in [-0.3, -0.25) is 9.78 Å². The van der Waals surface area contributed by atoms with Gasteiger partial charge in [0.1, 0.15) is 11.4 Å². The van der Waals surface area contributed by atoms with Gasteiger partial charge in [-0.2, -0.15) is 0 Å². The summed E-state index contributed by atoms with van der Waals surface area (Å²) < 4.78 is 11.4. The van der Waals surface area contributed by atoms with Gasteiger partial charge in [0.15, 0.2) is 5.78 Å². The van der Waals surface area contributed by atoms with Crippen LogP contribution in [0.15, 0.2) is 18.5 Å². The molecule has 1 aromatic heterocycles. The summed E-state index contributed by atoms with van der Waals surface area (Å²) in [6.07, 6.45) is 7.04. The van der Waals surface area contributed by atoms with Crippen LogP contribution in [0.3, 0.4) is 0 Å². The molecule has 2 unspecified atom stereocenters. The predicted molar refractivity (Wildman–Crippen MR) is 81.7 cm³/mol. The Labute approximate surface area is 126 Å². The van der Waals surface area contributed by atoms with E-state index >= 15 is 0 Å². The Kier molecular flexibility index (Phi) is 5.34. The lowest BCUT2D eigenvalue weighted by Crippen LogP contribution is -2.45. The Morgan fingerprint density at radius 3 is 2.86 bits per heavy atom. The third-order valence-corrected chi connectivity index (χ3v) is 4.08. The highest BCUT2D eigenvalue weighted by Crippen LogP contribution is 2.38. The molecule has 0 amide bonds. The first kappa shape index (κ1) is 16.0. The van der Waals surface area contributed by atoms with Gasteiger partial charge < -0.3 is 9.47 Å². The monoisotopic (exact) mass is 291 g/mol. The minimum Gasteiger partial charge on any atom is -0.492 e. The van der Waals surface area contributed by atoms with Crippen molar-refractivity contribution < 1.29 is 14.3 Å². The first-order valence-electron chi connectivity index (χ1n) is 7.88. The third kappa shape index (κ3) is 3.62. The van der Waals surface area contributed by atoms with E-state index in [0.29, 0.717) is 30.4 Å². The lowest BCUT2D eigenvalue weighted by molar-refractivity contribution is -0.0512. The van der Waals surface area contributed by atoms with Crippen molar-refractivity contribution in [2.24, 2.45) is 5.92 Å². The molecule has 1 saturated carbocycles. The average molecular weight is 291 g/mol.